The van der Waals surface area contributed by atoms with E-state index in [1.807, 2.05) is 16.4 Å². The summed E-state index contributed by atoms with van der Waals surface area (Å²) in [7, 11) is 0. The number of fused-ring (bicyclic) bond motifs is 1. The Morgan fingerprint density at radius 3 is 2.64 bits per heavy atom. The molecule has 1 aliphatic carbocycles. The molecule has 6 nitrogen and oxygen atoms in total. The monoisotopic (exact) mass is 385 g/mol. The molecule has 28 heavy (non-hydrogen) atoms. The highest BCUT2D eigenvalue weighted by molar-refractivity contribution is 5.84. The number of hydrogen-bond donors (Lipinski definition) is 0. The zero-order valence-electron chi connectivity index (χ0n) is 16.2. The minimum atomic E-state index is -0.446. The van der Waals surface area contributed by atoms with Gasteiger partial charge in [0.2, 0.25) is 5.91 Å². The molecular weight excluding hydrogens is 361 g/mol. The standard InChI is InChI=1S/C21H24FN3O3/c1-13-11-23(6-7-24(13)14(2)27)20-10-19-17(9-18(20)22)21(28)15(5-8-26)12-25(19)16-3-4-16/h8-10,12-13,16H,3-7,11H2,1-2H3. The lowest BCUT2D eigenvalue weighted by atomic mass is 10.1. The normalized spacial score (nSPS) is 19.9. The quantitative estimate of drug-likeness (QED) is 0.758. The van der Waals surface area contributed by atoms with Gasteiger partial charge in [-0.1, -0.05) is 0 Å². The number of carbonyl (C=O) groups is 2. The predicted molar refractivity (Wildman–Crippen MR) is 105 cm³/mol. The summed E-state index contributed by atoms with van der Waals surface area (Å²) in [6.45, 7) is 5.14. The summed E-state index contributed by atoms with van der Waals surface area (Å²) < 4.78 is 17.0. The minimum Gasteiger partial charge on any atom is -0.365 e. The summed E-state index contributed by atoms with van der Waals surface area (Å²) in [5.74, 6) is -0.421. The van der Waals surface area contributed by atoms with Crippen LogP contribution in [-0.2, 0) is 16.0 Å². The lowest BCUT2D eigenvalue weighted by Gasteiger charge is -2.40. The summed E-state index contributed by atoms with van der Waals surface area (Å²) in [4.78, 5) is 39.1. The Morgan fingerprint density at radius 2 is 2.04 bits per heavy atom. The van der Waals surface area contributed by atoms with Crippen molar-refractivity contribution in [3.63, 3.8) is 0 Å². The second-order valence-corrected chi connectivity index (χ2v) is 7.82. The number of halogens is 1. The number of hydrogen-bond acceptors (Lipinski definition) is 4. The average Bonchev–Trinajstić information content (AvgIpc) is 3.48. The molecule has 1 aromatic heterocycles. The number of aromatic nitrogens is 1. The SMILES string of the molecule is CC(=O)N1CCN(c2cc3c(cc2F)c(=O)c(CC=O)cn3C2CC2)CC1C. The van der Waals surface area contributed by atoms with Gasteiger partial charge in [-0.3, -0.25) is 9.59 Å². The van der Waals surface area contributed by atoms with Crippen molar-refractivity contribution in [2.45, 2.75) is 45.2 Å². The van der Waals surface area contributed by atoms with Crippen molar-refractivity contribution in [3.05, 3.63) is 39.9 Å². The molecule has 1 unspecified atom stereocenters. The highest BCUT2D eigenvalue weighted by atomic mass is 19.1. The topological polar surface area (TPSA) is 62.6 Å². The van der Waals surface area contributed by atoms with Gasteiger partial charge in [0.15, 0.2) is 5.43 Å². The van der Waals surface area contributed by atoms with E-state index in [1.54, 1.807) is 24.1 Å². The fraction of sp³-hybridized carbons (Fsp3) is 0.476. The number of amides is 1. The summed E-state index contributed by atoms with van der Waals surface area (Å²) in [6.07, 6.45) is 4.53. The first-order valence-corrected chi connectivity index (χ1v) is 9.73. The molecule has 2 aliphatic rings. The zero-order chi connectivity index (χ0) is 20.0. The second-order valence-electron chi connectivity index (χ2n) is 7.82. The van der Waals surface area contributed by atoms with Crippen molar-refractivity contribution in [2.75, 3.05) is 24.5 Å². The maximum absolute atomic E-state index is 15.0. The van der Waals surface area contributed by atoms with Gasteiger partial charge in [-0.15, -0.1) is 0 Å². The van der Waals surface area contributed by atoms with Crippen LogP contribution in [0.25, 0.3) is 10.9 Å². The molecule has 0 radical (unpaired) electrons. The molecule has 0 spiro atoms. The van der Waals surface area contributed by atoms with Crippen molar-refractivity contribution in [1.29, 1.82) is 0 Å². The number of piperazine rings is 1. The molecule has 0 N–H and O–H groups in total. The van der Waals surface area contributed by atoms with Crippen LogP contribution >= 0.6 is 0 Å². The van der Waals surface area contributed by atoms with Crippen molar-refractivity contribution in [1.82, 2.24) is 9.47 Å². The van der Waals surface area contributed by atoms with Crippen LogP contribution in [0, 0.1) is 5.82 Å². The average molecular weight is 385 g/mol. The Bertz CT molecular complexity index is 1010. The van der Waals surface area contributed by atoms with Crippen molar-refractivity contribution in [2.24, 2.45) is 0 Å². The molecule has 2 fully saturated rings. The van der Waals surface area contributed by atoms with Gasteiger partial charge in [-0.25, -0.2) is 4.39 Å². The molecule has 4 rings (SSSR count). The highest BCUT2D eigenvalue weighted by Crippen LogP contribution is 2.38. The molecule has 148 valence electrons. The fourth-order valence-electron chi connectivity index (χ4n) is 4.19. The minimum absolute atomic E-state index is 0.0121. The molecule has 2 heterocycles. The number of rotatable bonds is 4. The van der Waals surface area contributed by atoms with Gasteiger partial charge in [0.05, 0.1) is 11.2 Å². The van der Waals surface area contributed by atoms with E-state index in [0.717, 1.165) is 12.8 Å². The molecule has 2 aromatic rings. The molecule has 1 saturated heterocycles. The van der Waals surface area contributed by atoms with Crippen LogP contribution in [0.15, 0.2) is 23.1 Å². The van der Waals surface area contributed by atoms with E-state index in [9.17, 15) is 18.8 Å². The number of pyridine rings is 1. The number of nitrogens with zero attached hydrogens (tertiary/aromatic N) is 3. The van der Waals surface area contributed by atoms with Gasteiger partial charge in [0, 0.05) is 62.2 Å². The third kappa shape index (κ3) is 3.19. The van der Waals surface area contributed by atoms with Gasteiger partial charge in [0.1, 0.15) is 12.1 Å². The molecule has 0 bridgehead atoms. The fourth-order valence-corrected chi connectivity index (χ4v) is 4.19. The molecule has 1 aliphatic heterocycles. The Balaban J connectivity index is 1.79. The number of anilines is 1. The van der Waals surface area contributed by atoms with Crippen LogP contribution in [0.1, 0.15) is 38.3 Å². The number of carbonyl (C=O) groups excluding carboxylic acids is 2. The van der Waals surface area contributed by atoms with Gasteiger partial charge in [-0.2, -0.15) is 0 Å². The van der Waals surface area contributed by atoms with Crippen LogP contribution in [-0.4, -0.2) is 47.3 Å². The van der Waals surface area contributed by atoms with Crippen LogP contribution in [0.2, 0.25) is 0 Å². The second kappa shape index (κ2) is 7.04. The highest BCUT2D eigenvalue weighted by Gasteiger charge is 2.29. The van der Waals surface area contributed by atoms with E-state index < -0.39 is 5.82 Å². The molecule has 1 atom stereocenters. The Morgan fingerprint density at radius 1 is 1.29 bits per heavy atom. The van der Waals surface area contributed by atoms with E-state index in [2.05, 4.69) is 0 Å². The maximum Gasteiger partial charge on any atom is 0.219 e. The molecular formula is C21H24FN3O3. The van der Waals surface area contributed by atoms with E-state index in [1.165, 1.54) is 6.07 Å². The smallest absolute Gasteiger partial charge is 0.219 e. The third-order valence-electron chi connectivity index (χ3n) is 5.79. The van der Waals surface area contributed by atoms with Crippen LogP contribution in [0.3, 0.4) is 0 Å². The zero-order valence-corrected chi connectivity index (χ0v) is 16.2. The Hall–Kier alpha value is -2.70. The summed E-state index contributed by atoms with van der Waals surface area (Å²) >= 11 is 0. The first kappa shape index (κ1) is 18.7. The van der Waals surface area contributed by atoms with Crippen molar-refractivity contribution >= 4 is 28.8 Å². The van der Waals surface area contributed by atoms with E-state index in [0.29, 0.717) is 54.1 Å². The Kier molecular flexibility index (Phi) is 4.69. The van der Waals surface area contributed by atoms with Crippen LogP contribution in [0.5, 0.6) is 0 Å². The Labute approximate surface area is 162 Å². The summed E-state index contributed by atoms with van der Waals surface area (Å²) in [5, 5.41) is 0.322. The van der Waals surface area contributed by atoms with Crippen molar-refractivity contribution < 1.29 is 14.0 Å². The number of benzene rings is 1. The molecule has 1 amide bonds. The summed E-state index contributed by atoms with van der Waals surface area (Å²) in [5.41, 5.74) is 1.30. The third-order valence-corrected chi connectivity index (χ3v) is 5.79. The lowest BCUT2D eigenvalue weighted by Crippen LogP contribution is -2.53. The van der Waals surface area contributed by atoms with E-state index in [4.69, 9.17) is 0 Å². The van der Waals surface area contributed by atoms with E-state index in [-0.39, 0.29) is 23.8 Å². The van der Waals surface area contributed by atoms with Gasteiger partial charge in [-0.05, 0) is 31.9 Å². The molecule has 7 heteroatoms. The lowest BCUT2D eigenvalue weighted by molar-refractivity contribution is -0.131. The molecule has 1 aromatic carbocycles. The molecule has 1 saturated carbocycles. The largest absolute Gasteiger partial charge is 0.365 e. The summed E-state index contributed by atoms with van der Waals surface area (Å²) in [6, 6.07) is 3.34. The van der Waals surface area contributed by atoms with Crippen LogP contribution < -0.4 is 10.3 Å². The first-order valence-electron chi connectivity index (χ1n) is 9.73. The first-order chi connectivity index (χ1) is 13.4. The van der Waals surface area contributed by atoms with E-state index >= 15 is 0 Å². The van der Waals surface area contributed by atoms with Crippen molar-refractivity contribution in [3.8, 4) is 0 Å². The van der Waals surface area contributed by atoms with Gasteiger partial charge >= 0.3 is 0 Å². The van der Waals surface area contributed by atoms with Crippen LogP contribution in [0.4, 0.5) is 10.1 Å². The van der Waals surface area contributed by atoms with Gasteiger partial charge in [0.25, 0.3) is 0 Å². The maximum atomic E-state index is 15.0. The van der Waals surface area contributed by atoms with Gasteiger partial charge < -0.3 is 19.2 Å². The predicted octanol–water partition coefficient (Wildman–Crippen LogP) is 2.27. The number of aldehydes is 1.